The topological polar surface area (TPSA) is 236 Å². The molecule has 0 aliphatic rings. The Kier molecular flexibility index (Phi) is 8.55. The Balaban J connectivity index is 2.83. The van der Waals surface area contributed by atoms with Gasteiger partial charge in [-0.05, 0) is 6.42 Å². The number of nitrogens with zero attached hydrogens (tertiary/aromatic N) is 1. The minimum atomic E-state index is -1.32. The Morgan fingerprint density at radius 1 is 1.07 bits per heavy atom. The maximum Gasteiger partial charge on any atom is 0.326 e. The summed E-state index contributed by atoms with van der Waals surface area (Å²) in [6.45, 7) is 0. The minimum Gasteiger partial charge on any atom is -0.480 e. The number of carboxylic acids is 1. The second kappa shape index (κ2) is 10.6. The number of primary amides is 2. The van der Waals surface area contributed by atoms with Gasteiger partial charge in [0.15, 0.2) is 0 Å². The molecule has 154 valence electrons. The van der Waals surface area contributed by atoms with E-state index in [1.54, 1.807) is 0 Å². The third-order valence-electron chi connectivity index (χ3n) is 3.66. The van der Waals surface area contributed by atoms with E-state index in [1.165, 1.54) is 12.5 Å². The molecule has 1 aromatic rings. The number of aromatic nitrogens is 2. The van der Waals surface area contributed by atoms with E-state index in [9.17, 15) is 29.1 Å². The van der Waals surface area contributed by atoms with Crippen molar-refractivity contribution >= 4 is 29.6 Å². The highest BCUT2D eigenvalue weighted by atomic mass is 16.4. The van der Waals surface area contributed by atoms with Crippen LogP contribution in [0.5, 0.6) is 0 Å². The van der Waals surface area contributed by atoms with Crippen molar-refractivity contribution in [3.05, 3.63) is 18.2 Å². The van der Waals surface area contributed by atoms with Crippen LogP contribution in [0.4, 0.5) is 0 Å². The quantitative estimate of drug-likeness (QED) is 0.186. The number of nitrogens with two attached hydrogens (primary N) is 3. The molecule has 0 fully saturated rings. The molecule has 0 spiro atoms. The molecule has 0 bridgehead atoms. The lowest BCUT2D eigenvalue weighted by Gasteiger charge is -2.22. The lowest BCUT2D eigenvalue weighted by molar-refractivity contribution is -0.142. The van der Waals surface area contributed by atoms with Crippen LogP contribution in [-0.4, -0.2) is 62.8 Å². The van der Waals surface area contributed by atoms with E-state index in [2.05, 4.69) is 20.6 Å². The third kappa shape index (κ3) is 7.82. The molecule has 0 saturated carbocycles. The first-order chi connectivity index (χ1) is 13.1. The largest absolute Gasteiger partial charge is 0.480 e. The van der Waals surface area contributed by atoms with Crippen molar-refractivity contribution in [3.63, 3.8) is 0 Å². The number of hydrogen-bond acceptors (Lipinski definition) is 7. The lowest BCUT2D eigenvalue weighted by Crippen LogP contribution is -2.55. The Morgan fingerprint density at radius 3 is 2.21 bits per heavy atom. The molecule has 10 N–H and O–H groups in total. The molecular formula is C15H23N7O6. The van der Waals surface area contributed by atoms with Crippen LogP contribution >= 0.6 is 0 Å². The molecule has 3 atom stereocenters. The van der Waals surface area contributed by atoms with E-state index < -0.39 is 54.1 Å². The van der Waals surface area contributed by atoms with E-state index >= 15 is 0 Å². The first kappa shape index (κ1) is 22.6. The number of hydrogen-bond donors (Lipinski definition) is 7. The Bertz CT molecular complexity index is 720. The van der Waals surface area contributed by atoms with Crippen molar-refractivity contribution in [1.82, 2.24) is 20.6 Å². The first-order valence-electron chi connectivity index (χ1n) is 8.23. The predicted octanol–water partition coefficient (Wildman–Crippen LogP) is -3.53. The molecule has 1 rings (SSSR count). The van der Waals surface area contributed by atoms with Crippen molar-refractivity contribution < 1.29 is 29.1 Å². The summed E-state index contributed by atoms with van der Waals surface area (Å²) in [6, 6.07) is -3.91. The average molecular weight is 397 g/mol. The summed E-state index contributed by atoms with van der Waals surface area (Å²) in [6.07, 6.45) is 1.78. The molecule has 0 saturated heterocycles. The number of rotatable bonds is 12. The van der Waals surface area contributed by atoms with Crippen LogP contribution in [-0.2, 0) is 30.4 Å². The number of carbonyl (C=O) groups excluding carboxylic acids is 4. The zero-order valence-corrected chi connectivity index (χ0v) is 14.9. The third-order valence-corrected chi connectivity index (χ3v) is 3.66. The van der Waals surface area contributed by atoms with Crippen molar-refractivity contribution in [2.45, 2.75) is 43.8 Å². The van der Waals surface area contributed by atoms with Crippen LogP contribution < -0.4 is 27.8 Å². The highest BCUT2D eigenvalue weighted by molar-refractivity contribution is 5.93. The standard InChI is InChI=1S/C15H23N7O6/c16-8(4-12(18)24)13(25)21-9(1-2-11(17)23)14(26)22-10(15(27)28)3-7-5-19-6-20-7/h5-6,8-10H,1-4,16H2,(H2,17,23)(H2,18,24)(H,19,20)(H,21,25)(H,22,26)(H,27,28)/t8-,9-,10-/m0/s1. The van der Waals surface area contributed by atoms with Crippen LogP contribution in [0.1, 0.15) is 25.0 Å². The minimum absolute atomic E-state index is 0.0846. The first-order valence-corrected chi connectivity index (χ1v) is 8.23. The second-order valence-corrected chi connectivity index (χ2v) is 6.02. The molecule has 0 radical (unpaired) electrons. The monoisotopic (exact) mass is 397 g/mol. The SMILES string of the molecule is NC(=O)CC[C@H](NC(=O)[C@@H](N)CC(N)=O)C(=O)N[C@@H](Cc1cnc[nH]1)C(=O)O. The molecule has 13 nitrogen and oxygen atoms in total. The smallest absolute Gasteiger partial charge is 0.326 e. The summed E-state index contributed by atoms with van der Waals surface area (Å²) < 4.78 is 0. The van der Waals surface area contributed by atoms with Gasteiger partial charge in [0, 0.05) is 24.7 Å². The van der Waals surface area contributed by atoms with Gasteiger partial charge >= 0.3 is 5.97 Å². The normalized spacial score (nSPS) is 13.8. The molecule has 1 heterocycles. The zero-order chi connectivity index (χ0) is 21.3. The summed E-state index contributed by atoms with van der Waals surface area (Å²) >= 11 is 0. The molecule has 4 amide bonds. The number of aromatic amines is 1. The number of carbonyl (C=O) groups is 5. The maximum atomic E-state index is 12.5. The highest BCUT2D eigenvalue weighted by Gasteiger charge is 2.29. The van der Waals surface area contributed by atoms with Crippen LogP contribution in [0.25, 0.3) is 0 Å². The molecule has 0 unspecified atom stereocenters. The molecular weight excluding hydrogens is 374 g/mol. The van der Waals surface area contributed by atoms with E-state index in [0.717, 1.165) is 0 Å². The zero-order valence-electron chi connectivity index (χ0n) is 14.9. The van der Waals surface area contributed by atoms with Gasteiger partial charge in [-0.15, -0.1) is 0 Å². The number of aliphatic carboxylic acids is 1. The van der Waals surface area contributed by atoms with Gasteiger partial charge in [0.25, 0.3) is 0 Å². The van der Waals surface area contributed by atoms with Gasteiger partial charge in [-0.3, -0.25) is 19.2 Å². The van der Waals surface area contributed by atoms with Gasteiger partial charge < -0.3 is 37.9 Å². The van der Waals surface area contributed by atoms with Crippen LogP contribution in [0.15, 0.2) is 12.5 Å². The van der Waals surface area contributed by atoms with E-state index in [0.29, 0.717) is 5.69 Å². The second-order valence-electron chi connectivity index (χ2n) is 6.02. The van der Waals surface area contributed by atoms with Gasteiger partial charge in [-0.1, -0.05) is 0 Å². The Labute approximate surface area is 159 Å². The number of amides is 4. The van der Waals surface area contributed by atoms with Gasteiger partial charge in [0.2, 0.25) is 23.6 Å². The van der Waals surface area contributed by atoms with Gasteiger partial charge in [-0.2, -0.15) is 0 Å². The predicted molar refractivity (Wildman–Crippen MR) is 94.0 cm³/mol. The molecule has 0 aromatic carbocycles. The van der Waals surface area contributed by atoms with Crippen molar-refractivity contribution in [2.75, 3.05) is 0 Å². The average Bonchev–Trinajstić information content (AvgIpc) is 3.09. The van der Waals surface area contributed by atoms with Gasteiger partial charge in [0.1, 0.15) is 12.1 Å². The highest BCUT2D eigenvalue weighted by Crippen LogP contribution is 2.03. The van der Waals surface area contributed by atoms with E-state index in [-0.39, 0.29) is 19.3 Å². The van der Waals surface area contributed by atoms with Gasteiger partial charge in [-0.25, -0.2) is 9.78 Å². The fourth-order valence-corrected chi connectivity index (χ4v) is 2.23. The number of carboxylic acid groups (broad SMARTS) is 1. The number of H-pyrrole nitrogens is 1. The van der Waals surface area contributed by atoms with Crippen LogP contribution in [0.2, 0.25) is 0 Å². The number of imidazole rings is 1. The van der Waals surface area contributed by atoms with Crippen LogP contribution in [0, 0.1) is 0 Å². The Hall–Kier alpha value is -3.48. The fraction of sp³-hybridized carbons (Fsp3) is 0.467. The summed E-state index contributed by atoms with van der Waals surface area (Å²) in [7, 11) is 0. The van der Waals surface area contributed by atoms with Crippen molar-refractivity contribution in [1.29, 1.82) is 0 Å². The summed E-state index contributed by atoms with van der Waals surface area (Å²) in [5, 5.41) is 13.9. The van der Waals surface area contributed by atoms with Gasteiger partial charge in [0.05, 0.1) is 18.8 Å². The molecule has 28 heavy (non-hydrogen) atoms. The molecule has 13 heteroatoms. The molecule has 0 aliphatic heterocycles. The molecule has 0 aliphatic carbocycles. The van der Waals surface area contributed by atoms with Crippen molar-refractivity contribution in [3.8, 4) is 0 Å². The summed E-state index contributed by atoms with van der Waals surface area (Å²) in [4.78, 5) is 64.3. The lowest BCUT2D eigenvalue weighted by atomic mass is 10.1. The fourth-order valence-electron chi connectivity index (χ4n) is 2.23. The van der Waals surface area contributed by atoms with Crippen molar-refractivity contribution in [2.24, 2.45) is 17.2 Å². The van der Waals surface area contributed by atoms with E-state index in [1.807, 2.05) is 0 Å². The summed E-state index contributed by atoms with van der Waals surface area (Å²) in [5.74, 6) is -4.56. The van der Waals surface area contributed by atoms with E-state index in [4.69, 9.17) is 17.2 Å². The molecule has 1 aromatic heterocycles. The summed E-state index contributed by atoms with van der Waals surface area (Å²) in [5.41, 5.74) is 16.0. The number of nitrogens with one attached hydrogen (secondary N) is 3. The Morgan fingerprint density at radius 2 is 1.71 bits per heavy atom. The van der Waals surface area contributed by atoms with Crippen LogP contribution in [0.3, 0.4) is 0 Å². The maximum absolute atomic E-state index is 12.5.